The number of rotatable bonds is 6. The third-order valence-corrected chi connectivity index (χ3v) is 4.67. The van der Waals surface area contributed by atoms with E-state index in [0.717, 1.165) is 22.9 Å². The molecule has 7 nitrogen and oxygen atoms in total. The number of carbonyl (C=O) groups is 1. The van der Waals surface area contributed by atoms with E-state index in [1.165, 1.54) is 21.3 Å². The van der Waals surface area contributed by atoms with Crippen molar-refractivity contribution in [3.8, 4) is 34.2 Å². The van der Waals surface area contributed by atoms with Crippen LogP contribution in [0.25, 0.3) is 27.8 Å². The standard InChI is InChI=1S/C21H19N3O4/c1-26-18-8-13(11-25)19(21(28-3)20(18)27-2)16-10-24(12-23-16)17-9-22-15-7-5-4-6-14(15)17/h4-12,22H,1-3H3. The zero-order valence-corrected chi connectivity index (χ0v) is 15.7. The number of methoxy groups -OCH3 is 3. The number of nitrogens with zero attached hydrogens (tertiary/aromatic N) is 2. The molecule has 0 atom stereocenters. The molecule has 0 spiro atoms. The number of hydrogen-bond donors (Lipinski definition) is 1. The van der Waals surface area contributed by atoms with E-state index in [2.05, 4.69) is 9.97 Å². The van der Waals surface area contributed by atoms with Crippen molar-refractivity contribution < 1.29 is 19.0 Å². The maximum Gasteiger partial charge on any atom is 0.204 e. The lowest BCUT2D eigenvalue weighted by atomic mass is 10.0. The Kier molecular flexibility index (Phi) is 4.49. The molecular weight excluding hydrogens is 358 g/mol. The molecule has 0 saturated carbocycles. The highest BCUT2D eigenvalue weighted by Gasteiger charge is 2.23. The first-order valence-electron chi connectivity index (χ1n) is 8.60. The molecule has 0 unspecified atom stereocenters. The van der Waals surface area contributed by atoms with Crippen LogP contribution in [-0.2, 0) is 0 Å². The highest BCUT2D eigenvalue weighted by Crippen LogP contribution is 2.46. The normalized spacial score (nSPS) is 10.8. The number of para-hydroxylation sites is 1. The summed E-state index contributed by atoms with van der Waals surface area (Å²) in [6.45, 7) is 0. The Hall–Kier alpha value is -3.74. The molecule has 0 amide bonds. The van der Waals surface area contributed by atoms with Crippen LogP contribution in [0.2, 0.25) is 0 Å². The number of aldehydes is 1. The van der Waals surface area contributed by atoms with Gasteiger partial charge in [0.05, 0.1) is 44.6 Å². The maximum absolute atomic E-state index is 11.8. The van der Waals surface area contributed by atoms with Gasteiger partial charge in [-0.3, -0.25) is 4.79 Å². The minimum Gasteiger partial charge on any atom is -0.493 e. The van der Waals surface area contributed by atoms with E-state index in [1.54, 1.807) is 12.4 Å². The van der Waals surface area contributed by atoms with Gasteiger partial charge in [-0.15, -0.1) is 0 Å². The van der Waals surface area contributed by atoms with Gasteiger partial charge in [-0.25, -0.2) is 4.98 Å². The number of nitrogens with one attached hydrogen (secondary N) is 1. The number of ether oxygens (including phenoxy) is 3. The minimum absolute atomic E-state index is 0.396. The van der Waals surface area contributed by atoms with Crippen LogP contribution in [0.3, 0.4) is 0 Å². The molecule has 4 rings (SSSR count). The molecule has 142 valence electrons. The van der Waals surface area contributed by atoms with Crippen molar-refractivity contribution in [3.63, 3.8) is 0 Å². The molecule has 4 aromatic rings. The Morgan fingerprint density at radius 3 is 2.57 bits per heavy atom. The third-order valence-electron chi connectivity index (χ3n) is 4.67. The van der Waals surface area contributed by atoms with E-state index >= 15 is 0 Å². The summed E-state index contributed by atoms with van der Waals surface area (Å²) in [5, 5.41) is 1.07. The summed E-state index contributed by atoms with van der Waals surface area (Å²) in [5.74, 6) is 1.22. The Morgan fingerprint density at radius 2 is 1.86 bits per heavy atom. The molecule has 2 aromatic carbocycles. The predicted molar refractivity (Wildman–Crippen MR) is 106 cm³/mol. The molecule has 2 aromatic heterocycles. The fourth-order valence-corrected chi connectivity index (χ4v) is 3.39. The largest absolute Gasteiger partial charge is 0.493 e. The van der Waals surface area contributed by atoms with Gasteiger partial charge in [-0.05, 0) is 12.1 Å². The zero-order valence-electron chi connectivity index (χ0n) is 15.7. The summed E-state index contributed by atoms with van der Waals surface area (Å²) in [7, 11) is 4.55. The van der Waals surface area contributed by atoms with Crippen molar-refractivity contribution in [1.29, 1.82) is 0 Å². The summed E-state index contributed by atoms with van der Waals surface area (Å²) in [6.07, 6.45) is 6.23. The highest BCUT2D eigenvalue weighted by molar-refractivity contribution is 5.93. The number of aromatic amines is 1. The summed E-state index contributed by atoms with van der Waals surface area (Å²) in [4.78, 5) is 19.5. The van der Waals surface area contributed by atoms with Crippen LogP contribution in [0.15, 0.2) is 49.1 Å². The summed E-state index contributed by atoms with van der Waals surface area (Å²) < 4.78 is 18.2. The first-order valence-corrected chi connectivity index (χ1v) is 8.60. The molecule has 7 heteroatoms. The molecule has 0 saturated heterocycles. The van der Waals surface area contributed by atoms with Gasteiger partial charge in [0.25, 0.3) is 0 Å². The topological polar surface area (TPSA) is 78.4 Å². The van der Waals surface area contributed by atoms with Gasteiger partial charge >= 0.3 is 0 Å². The Bertz CT molecular complexity index is 1160. The second-order valence-corrected chi connectivity index (χ2v) is 6.11. The number of H-pyrrole nitrogens is 1. The second kappa shape index (κ2) is 7.11. The zero-order chi connectivity index (χ0) is 19.7. The van der Waals surface area contributed by atoms with E-state index in [9.17, 15) is 4.79 Å². The smallest absolute Gasteiger partial charge is 0.204 e. The van der Waals surface area contributed by atoms with E-state index in [0.29, 0.717) is 34.1 Å². The van der Waals surface area contributed by atoms with E-state index in [1.807, 2.05) is 41.2 Å². The van der Waals surface area contributed by atoms with E-state index in [4.69, 9.17) is 14.2 Å². The average molecular weight is 377 g/mol. The molecule has 0 aliphatic heterocycles. The van der Waals surface area contributed by atoms with Crippen LogP contribution < -0.4 is 14.2 Å². The number of carbonyl (C=O) groups excluding carboxylic acids is 1. The lowest BCUT2D eigenvalue weighted by Crippen LogP contribution is -2.00. The highest BCUT2D eigenvalue weighted by atomic mass is 16.5. The fourth-order valence-electron chi connectivity index (χ4n) is 3.39. The first-order chi connectivity index (χ1) is 13.7. The number of hydrogen-bond acceptors (Lipinski definition) is 5. The predicted octanol–water partition coefficient (Wildman–Crippen LogP) is 3.86. The van der Waals surface area contributed by atoms with Crippen molar-refractivity contribution in [3.05, 3.63) is 54.6 Å². The van der Waals surface area contributed by atoms with Gasteiger partial charge < -0.3 is 23.8 Å². The Morgan fingerprint density at radius 1 is 1.07 bits per heavy atom. The van der Waals surface area contributed by atoms with Gasteiger partial charge in [-0.2, -0.15) is 0 Å². The maximum atomic E-state index is 11.8. The van der Waals surface area contributed by atoms with Crippen LogP contribution in [0.4, 0.5) is 0 Å². The van der Waals surface area contributed by atoms with Crippen molar-refractivity contribution in [1.82, 2.24) is 14.5 Å². The van der Waals surface area contributed by atoms with Gasteiger partial charge in [0.15, 0.2) is 17.8 Å². The molecule has 0 aliphatic carbocycles. The summed E-state index contributed by atoms with van der Waals surface area (Å²) in [5.41, 5.74) is 3.53. The van der Waals surface area contributed by atoms with Crippen LogP contribution in [0, 0.1) is 0 Å². The average Bonchev–Trinajstić information content (AvgIpc) is 3.38. The lowest BCUT2D eigenvalue weighted by molar-refractivity contribution is 0.112. The second-order valence-electron chi connectivity index (χ2n) is 6.11. The molecule has 0 bridgehead atoms. The van der Waals surface area contributed by atoms with Crippen LogP contribution in [0.5, 0.6) is 17.2 Å². The molecule has 2 heterocycles. The monoisotopic (exact) mass is 377 g/mol. The van der Waals surface area contributed by atoms with Crippen LogP contribution >= 0.6 is 0 Å². The minimum atomic E-state index is 0.396. The van der Waals surface area contributed by atoms with Crippen molar-refractivity contribution in [2.45, 2.75) is 0 Å². The molecular formula is C21H19N3O4. The quantitative estimate of drug-likeness (QED) is 0.516. The third kappa shape index (κ3) is 2.68. The molecule has 0 radical (unpaired) electrons. The van der Waals surface area contributed by atoms with Crippen molar-refractivity contribution >= 4 is 17.2 Å². The number of benzene rings is 2. The van der Waals surface area contributed by atoms with Crippen molar-refractivity contribution in [2.24, 2.45) is 0 Å². The first kappa shape index (κ1) is 17.7. The molecule has 0 fully saturated rings. The van der Waals surface area contributed by atoms with Gasteiger partial charge in [0.1, 0.15) is 0 Å². The SMILES string of the molecule is COc1cc(C=O)c(-c2cn(-c3c[nH]c4ccccc34)cn2)c(OC)c1OC. The molecule has 1 N–H and O–H groups in total. The molecule has 28 heavy (non-hydrogen) atoms. The van der Waals surface area contributed by atoms with Crippen LogP contribution in [0.1, 0.15) is 10.4 Å². The lowest BCUT2D eigenvalue weighted by Gasteiger charge is -2.16. The summed E-state index contributed by atoms with van der Waals surface area (Å²) >= 11 is 0. The number of fused-ring (bicyclic) bond motifs is 1. The Balaban J connectivity index is 1.90. The van der Waals surface area contributed by atoms with Gasteiger partial charge in [0.2, 0.25) is 5.75 Å². The van der Waals surface area contributed by atoms with Gasteiger partial charge in [0, 0.05) is 28.9 Å². The van der Waals surface area contributed by atoms with Crippen molar-refractivity contribution in [2.75, 3.05) is 21.3 Å². The fraction of sp³-hybridized carbons (Fsp3) is 0.143. The Labute approximate surface area is 161 Å². The number of aromatic nitrogens is 3. The van der Waals surface area contributed by atoms with Crippen LogP contribution in [-0.4, -0.2) is 42.2 Å². The van der Waals surface area contributed by atoms with Gasteiger partial charge in [-0.1, -0.05) is 18.2 Å². The van der Waals surface area contributed by atoms with E-state index < -0.39 is 0 Å². The van der Waals surface area contributed by atoms with E-state index in [-0.39, 0.29) is 0 Å². The number of imidazole rings is 1. The molecule has 0 aliphatic rings. The summed E-state index contributed by atoms with van der Waals surface area (Å²) in [6, 6.07) is 9.63.